The van der Waals surface area contributed by atoms with Crippen molar-refractivity contribution in [2.24, 2.45) is 0 Å². The zero-order valence-corrected chi connectivity index (χ0v) is 27.6. The fourth-order valence-corrected chi connectivity index (χ4v) is 9.65. The molecule has 1 heterocycles. The van der Waals surface area contributed by atoms with Gasteiger partial charge in [-0.05, 0) is 109 Å². The molecule has 0 aliphatic heterocycles. The van der Waals surface area contributed by atoms with Gasteiger partial charge in [0, 0.05) is 22.1 Å². The third-order valence-electron chi connectivity index (χ3n) is 11.6. The van der Waals surface area contributed by atoms with Gasteiger partial charge < -0.3 is 9.32 Å². The molecule has 2 heteroatoms. The van der Waals surface area contributed by atoms with E-state index >= 15 is 0 Å². The average molecular weight is 648 g/mol. The molecule has 12 rings (SSSR count). The number of fused-ring (bicyclic) bond motifs is 8. The molecule has 0 saturated heterocycles. The zero-order valence-electron chi connectivity index (χ0n) is 27.6. The van der Waals surface area contributed by atoms with Crippen molar-refractivity contribution < 1.29 is 4.42 Å². The molecule has 0 radical (unpaired) electrons. The van der Waals surface area contributed by atoms with E-state index in [1.54, 1.807) is 0 Å². The lowest BCUT2D eigenvalue weighted by molar-refractivity contribution is 0.669. The molecule has 3 aliphatic carbocycles. The maximum atomic E-state index is 6.53. The van der Waals surface area contributed by atoms with Crippen molar-refractivity contribution in [1.82, 2.24) is 0 Å². The molecule has 8 aromatic carbocycles. The van der Waals surface area contributed by atoms with Crippen LogP contribution in [-0.4, -0.2) is 0 Å². The molecule has 0 amide bonds. The molecule has 1 aromatic heterocycles. The summed E-state index contributed by atoms with van der Waals surface area (Å²) < 4.78 is 6.53. The lowest BCUT2D eigenvalue weighted by Crippen LogP contribution is -2.23. The van der Waals surface area contributed by atoms with Gasteiger partial charge in [-0.2, -0.15) is 0 Å². The van der Waals surface area contributed by atoms with Gasteiger partial charge in [0.1, 0.15) is 5.58 Å². The Balaban J connectivity index is 1.02. The van der Waals surface area contributed by atoms with Crippen LogP contribution in [0.1, 0.15) is 22.3 Å². The van der Waals surface area contributed by atoms with Gasteiger partial charge in [0.25, 0.3) is 0 Å². The number of hydrogen-bond acceptors (Lipinski definition) is 2. The Morgan fingerprint density at radius 1 is 0.392 bits per heavy atom. The van der Waals surface area contributed by atoms with Gasteiger partial charge in [-0.1, -0.05) is 133 Å². The Hall–Kier alpha value is -6.64. The van der Waals surface area contributed by atoms with E-state index in [1.165, 1.54) is 66.8 Å². The smallest absolute Gasteiger partial charge is 0.159 e. The second-order valence-electron chi connectivity index (χ2n) is 14.0. The molecule has 1 atom stereocenters. The summed E-state index contributed by atoms with van der Waals surface area (Å²) in [5.74, 6) is 0. The Kier molecular flexibility index (Phi) is 5.20. The lowest BCUT2D eigenvalue weighted by Gasteiger charge is -2.28. The summed E-state index contributed by atoms with van der Waals surface area (Å²) in [6.07, 6.45) is 0. The average Bonchev–Trinajstić information content (AvgIpc) is 3.91. The Bertz CT molecular complexity index is 2880. The largest absolute Gasteiger partial charge is 0.454 e. The standard InChI is InChI=1S/C49H29NO/c1-2-11-32(12-3-1)50(44-21-10-19-41-36-14-5-7-22-45(36)51-48(41)44)33-26-23-30(24-27-33)31-25-28-35-38-16-9-18-40-39-17-8-15-37-34-13-4-6-20-42(34)49(46(37)39,47(38)40)43(35)29-31/h1-29H. The van der Waals surface area contributed by atoms with E-state index in [2.05, 4.69) is 169 Å². The topological polar surface area (TPSA) is 16.4 Å². The van der Waals surface area contributed by atoms with Gasteiger partial charge in [-0.25, -0.2) is 0 Å². The van der Waals surface area contributed by atoms with Crippen molar-refractivity contribution in [2.75, 3.05) is 4.90 Å². The van der Waals surface area contributed by atoms with Crippen LogP contribution < -0.4 is 4.90 Å². The molecule has 1 spiro atoms. The van der Waals surface area contributed by atoms with Crippen LogP contribution in [0.5, 0.6) is 0 Å². The third kappa shape index (κ3) is 3.37. The number of furan rings is 1. The second-order valence-corrected chi connectivity index (χ2v) is 14.0. The van der Waals surface area contributed by atoms with Crippen molar-refractivity contribution >= 4 is 39.0 Å². The first kappa shape index (κ1) is 27.2. The van der Waals surface area contributed by atoms with E-state index in [0.717, 1.165) is 39.0 Å². The minimum Gasteiger partial charge on any atom is -0.454 e. The Morgan fingerprint density at radius 2 is 0.961 bits per heavy atom. The monoisotopic (exact) mass is 647 g/mol. The molecule has 0 N–H and O–H groups in total. The van der Waals surface area contributed by atoms with Gasteiger partial charge in [0.15, 0.2) is 5.58 Å². The molecular weight excluding hydrogens is 619 g/mol. The highest BCUT2D eigenvalue weighted by Crippen LogP contribution is 2.70. The molecule has 1 unspecified atom stereocenters. The second kappa shape index (κ2) is 9.74. The van der Waals surface area contributed by atoms with Crippen molar-refractivity contribution in [3.63, 3.8) is 0 Å². The van der Waals surface area contributed by atoms with Crippen LogP contribution in [0.15, 0.2) is 180 Å². The molecule has 236 valence electrons. The normalized spacial score (nSPS) is 15.5. The summed E-state index contributed by atoms with van der Waals surface area (Å²) in [7, 11) is 0. The summed E-state index contributed by atoms with van der Waals surface area (Å²) in [5.41, 5.74) is 21.0. The summed E-state index contributed by atoms with van der Waals surface area (Å²) in [5, 5.41) is 2.25. The summed E-state index contributed by atoms with van der Waals surface area (Å²) in [6, 6.07) is 64.3. The number of para-hydroxylation sites is 3. The van der Waals surface area contributed by atoms with Crippen LogP contribution in [0.3, 0.4) is 0 Å². The van der Waals surface area contributed by atoms with Crippen molar-refractivity contribution in [2.45, 2.75) is 5.41 Å². The molecule has 0 saturated carbocycles. The molecule has 0 fully saturated rings. The van der Waals surface area contributed by atoms with Crippen LogP contribution in [0, 0.1) is 0 Å². The van der Waals surface area contributed by atoms with Gasteiger partial charge in [-0.3, -0.25) is 0 Å². The van der Waals surface area contributed by atoms with Crippen molar-refractivity contribution in [1.29, 1.82) is 0 Å². The minimum absolute atomic E-state index is 0.283. The highest BCUT2D eigenvalue weighted by Gasteiger charge is 2.57. The fraction of sp³-hybridized carbons (Fsp3) is 0.0204. The van der Waals surface area contributed by atoms with E-state index in [0.29, 0.717) is 0 Å². The molecule has 0 bridgehead atoms. The van der Waals surface area contributed by atoms with E-state index in [4.69, 9.17) is 4.42 Å². The Morgan fingerprint density at radius 3 is 1.75 bits per heavy atom. The highest BCUT2D eigenvalue weighted by atomic mass is 16.3. The molecule has 9 aromatic rings. The van der Waals surface area contributed by atoms with E-state index in [-0.39, 0.29) is 5.41 Å². The number of nitrogens with zero attached hydrogens (tertiary/aromatic N) is 1. The first-order valence-electron chi connectivity index (χ1n) is 17.7. The molecule has 51 heavy (non-hydrogen) atoms. The number of benzene rings is 8. The van der Waals surface area contributed by atoms with Gasteiger partial charge in [-0.15, -0.1) is 0 Å². The fourth-order valence-electron chi connectivity index (χ4n) is 9.65. The SMILES string of the molecule is c1ccc(N(c2ccc(-c3ccc4c(c3)C35c6ccccc6-c6cccc(c63)-c3cccc-4c35)cc2)c2cccc3c2oc2ccccc23)cc1. The van der Waals surface area contributed by atoms with E-state index < -0.39 is 0 Å². The first-order valence-corrected chi connectivity index (χ1v) is 17.7. The predicted molar refractivity (Wildman–Crippen MR) is 209 cm³/mol. The van der Waals surface area contributed by atoms with Crippen LogP contribution in [-0.2, 0) is 5.41 Å². The predicted octanol–water partition coefficient (Wildman–Crippen LogP) is 13.0. The maximum absolute atomic E-state index is 6.53. The summed E-state index contributed by atoms with van der Waals surface area (Å²) >= 11 is 0. The van der Waals surface area contributed by atoms with Crippen LogP contribution in [0.2, 0.25) is 0 Å². The number of rotatable bonds is 4. The third-order valence-corrected chi connectivity index (χ3v) is 11.6. The van der Waals surface area contributed by atoms with Crippen molar-refractivity contribution in [3.05, 3.63) is 198 Å². The first-order chi connectivity index (χ1) is 25.3. The molecule has 3 aliphatic rings. The maximum Gasteiger partial charge on any atom is 0.159 e. The van der Waals surface area contributed by atoms with Crippen LogP contribution >= 0.6 is 0 Å². The quantitative estimate of drug-likeness (QED) is 0.189. The summed E-state index contributed by atoms with van der Waals surface area (Å²) in [4.78, 5) is 2.31. The van der Waals surface area contributed by atoms with Gasteiger partial charge in [0.05, 0.1) is 11.1 Å². The number of anilines is 3. The zero-order chi connectivity index (χ0) is 33.3. The van der Waals surface area contributed by atoms with E-state index in [9.17, 15) is 0 Å². The minimum atomic E-state index is -0.283. The van der Waals surface area contributed by atoms with Crippen LogP contribution in [0.25, 0.3) is 66.4 Å². The summed E-state index contributed by atoms with van der Waals surface area (Å²) in [6.45, 7) is 0. The van der Waals surface area contributed by atoms with Gasteiger partial charge >= 0.3 is 0 Å². The number of hydrogen-bond donors (Lipinski definition) is 0. The molecular formula is C49H29NO. The Labute approximate surface area is 295 Å². The van der Waals surface area contributed by atoms with E-state index in [1.807, 2.05) is 12.1 Å². The van der Waals surface area contributed by atoms with Crippen LogP contribution in [0.4, 0.5) is 17.1 Å². The highest BCUT2D eigenvalue weighted by molar-refractivity contribution is 6.10. The molecule has 2 nitrogen and oxygen atoms in total. The lowest BCUT2D eigenvalue weighted by atomic mass is 9.73. The van der Waals surface area contributed by atoms with Gasteiger partial charge in [0.2, 0.25) is 0 Å². The van der Waals surface area contributed by atoms with Crippen molar-refractivity contribution in [3.8, 4) is 44.5 Å².